The van der Waals surface area contributed by atoms with Crippen molar-refractivity contribution in [2.75, 3.05) is 44.2 Å². The fourth-order valence-electron chi connectivity index (χ4n) is 3.34. The Kier molecular flexibility index (Phi) is 4.88. The van der Waals surface area contributed by atoms with Crippen molar-refractivity contribution in [3.05, 3.63) is 35.9 Å². The van der Waals surface area contributed by atoms with E-state index in [2.05, 4.69) is 30.0 Å². The number of hydrogen-bond acceptors (Lipinski definition) is 3. The van der Waals surface area contributed by atoms with E-state index in [9.17, 15) is 4.79 Å². The van der Waals surface area contributed by atoms with Gasteiger partial charge in [-0.25, -0.2) is 9.78 Å². The molecule has 5 heteroatoms. The van der Waals surface area contributed by atoms with Crippen LogP contribution in [0.15, 0.2) is 30.3 Å². The Bertz CT molecular complexity index is 718. The molecule has 0 N–H and O–H groups in total. The number of carbonyl (C=O) groups excluding carboxylic acids is 1. The molecule has 2 aromatic rings. The second-order valence-corrected chi connectivity index (χ2v) is 6.25. The van der Waals surface area contributed by atoms with Crippen LogP contribution in [0.2, 0.25) is 0 Å². The highest BCUT2D eigenvalue weighted by molar-refractivity contribution is 5.82. The van der Waals surface area contributed by atoms with E-state index in [-0.39, 0.29) is 6.03 Å². The van der Waals surface area contributed by atoms with E-state index in [1.54, 1.807) is 0 Å². The van der Waals surface area contributed by atoms with Crippen LogP contribution in [-0.2, 0) is 0 Å². The molecule has 2 heterocycles. The van der Waals surface area contributed by atoms with Crippen LogP contribution in [0.4, 0.5) is 10.6 Å². The van der Waals surface area contributed by atoms with Gasteiger partial charge in [-0.1, -0.05) is 18.2 Å². The SMILES string of the molecule is CCN(CC)C(=O)N1CCN(c2nc3ccccc3cc2C)CC1. The number of fused-ring (bicyclic) bond motifs is 1. The minimum atomic E-state index is 0.155. The molecule has 24 heavy (non-hydrogen) atoms. The van der Waals surface area contributed by atoms with Gasteiger partial charge in [-0.05, 0) is 38.5 Å². The Labute approximate surface area is 143 Å². The number of pyridine rings is 1. The first kappa shape index (κ1) is 16.6. The van der Waals surface area contributed by atoms with E-state index in [0.717, 1.165) is 50.6 Å². The van der Waals surface area contributed by atoms with E-state index in [1.807, 2.05) is 35.8 Å². The third-order valence-corrected chi connectivity index (χ3v) is 4.77. The summed E-state index contributed by atoms with van der Waals surface area (Å²) in [6, 6.07) is 10.6. The van der Waals surface area contributed by atoms with Crippen molar-refractivity contribution in [2.24, 2.45) is 0 Å². The highest BCUT2D eigenvalue weighted by Gasteiger charge is 2.25. The van der Waals surface area contributed by atoms with Gasteiger partial charge >= 0.3 is 6.03 Å². The summed E-state index contributed by atoms with van der Waals surface area (Å²) in [5, 5.41) is 1.18. The lowest BCUT2D eigenvalue weighted by Gasteiger charge is -2.38. The quantitative estimate of drug-likeness (QED) is 0.870. The van der Waals surface area contributed by atoms with Gasteiger partial charge in [0, 0.05) is 44.7 Å². The average Bonchev–Trinajstić information content (AvgIpc) is 2.62. The molecular formula is C19H26N4O. The molecule has 1 fully saturated rings. The Morgan fingerprint density at radius 2 is 1.79 bits per heavy atom. The number of aromatic nitrogens is 1. The number of carbonyl (C=O) groups is 1. The van der Waals surface area contributed by atoms with E-state index < -0.39 is 0 Å². The van der Waals surface area contributed by atoms with Gasteiger partial charge < -0.3 is 14.7 Å². The standard InChI is InChI=1S/C19H26N4O/c1-4-21(5-2)19(24)23-12-10-22(11-13-23)18-15(3)14-16-8-6-7-9-17(16)20-18/h6-9,14H,4-5,10-13H2,1-3H3. The predicted octanol–water partition coefficient (Wildman–Crippen LogP) is 3.13. The topological polar surface area (TPSA) is 39.7 Å². The molecule has 0 aliphatic carbocycles. The zero-order chi connectivity index (χ0) is 17.1. The summed E-state index contributed by atoms with van der Waals surface area (Å²) in [5.41, 5.74) is 2.22. The molecule has 3 rings (SSSR count). The lowest BCUT2D eigenvalue weighted by Crippen LogP contribution is -2.53. The third kappa shape index (κ3) is 3.16. The van der Waals surface area contributed by atoms with E-state index in [4.69, 9.17) is 4.98 Å². The molecule has 5 nitrogen and oxygen atoms in total. The molecule has 0 bridgehead atoms. The lowest BCUT2D eigenvalue weighted by atomic mass is 10.1. The normalized spacial score (nSPS) is 15.0. The fraction of sp³-hybridized carbons (Fsp3) is 0.474. The summed E-state index contributed by atoms with van der Waals surface area (Å²) in [7, 11) is 0. The van der Waals surface area contributed by atoms with Gasteiger partial charge in [-0.15, -0.1) is 0 Å². The van der Waals surface area contributed by atoms with Crippen LogP contribution >= 0.6 is 0 Å². The van der Waals surface area contributed by atoms with E-state index >= 15 is 0 Å². The van der Waals surface area contributed by atoms with Crippen LogP contribution in [0.1, 0.15) is 19.4 Å². The van der Waals surface area contributed by atoms with Gasteiger partial charge in [0.15, 0.2) is 0 Å². The molecule has 0 radical (unpaired) electrons. The molecule has 0 atom stereocenters. The fourth-order valence-corrected chi connectivity index (χ4v) is 3.34. The number of rotatable bonds is 3. The molecule has 1 aliphatic heterocycles. The number of para-hydroxylation sites is 1. The van der Waals surface area contributed by atoms with Crippen LogP contribution in [0, 0.1) is 6.92 Å². The van der Waals surface area contributed by atoms with Crippen LogP contribution in [-0.4, -0.2) is 60.1 Å². The summed E-state index contributed by atoms with van der Waals surface area (Å²) < 4.78 is 0. The highest BCUT2D eigenvalue weighted by atomic mass is 16.2. The van der Waals surface area contributed by atoms with Crippen molar-refractivity contribution >= 4 is 22.8 Å². The number of hydrogen-bond donors (Lipinski definition) is 0. The molecule has 0 unspecified atom stereocenters. The second-order valence-electron chi connectivity index (χ2n) is 6.25. The van der Waals surface area contributed by atoms with Crippen LogP contribution in [0.3, 0.4) is 0 Å². The number of benzene rings is 1. The number of urea groups is 1. The minimum absolute atomic E-state index is 0.155. The van der Waals surface area contributed by atoms with Crippen molar-refractivity contribution < 1.29 is 4.79 Å². The monoisotopic (exact) mass is 326 g/mol. The number of aryl methyl sites for hydroxylation is 1. The van der Waals surface area contributed by atoms with Crippen molar-refractivity contribution in [3.8, 4) is 0 Å². The summed E-state index contributed by atoms with van der Waals surface area (Å²) in [6.45, 7) is 10.9. The van der Waals surface area contributed by atoms with Gasteiger partial charge in [-0.3, -0.25) is 0 Å². The number of amides is 2. The molecular weight excluding hydrogens is 300 g/mol. The maximum absolute atomic E-state index is 12.5. The third-order valence-electron chi connectivity index (χ3n) is 4.77. The Morgan fingerprint density at radius 1 is 1.12 bits per heavy atom. The zero-order valence-corrected chi connectivity index (χ0v) is 14.8. The Balaban J connectivity index is 1.73. The van der Waals surface area contributed by atoms with Crippen molar-refractivity contribution in [3.63, 3.8) is 0 Å². The van der Waals surface area contributed by atoms with E-state index in [1.165, 1.54) is 10.9 Å². The largest absolute Gasteiger partial charge is 0.353 e. The first-order chi connectivity index (χ1) is 11.6. The van der Waals surface area contributed by atoms with Crippen LogP contribution in [0.25, 0.3) is 10.9 Å². The molecule has 1 aromatic carbocycles. The van der Waals surface area contributed by atoms with Gasteiger partial charge in [0.2, 0.25) is 0 Å². The van der Waals surface area contributed by atoms with Crippen LogP contribution in [0.5, 0.6) is 0 Å². The first-order valence-electron chi connectivity index (χ1n) is 8.79. The average molecular weight is 326 g/mol. The highest BCUT2D eigenvalue weighted by Crippen LogP contribution is 2.24. The molecule has 1 saturated heterocycles. The summed E-state index contributed by atoms with van der Waals surface area (Å²) in [5.74, 6) is 1.05. The van der Waals surface area contributed by atoms with Gasteiger partial charge in [0.05, 0.1) is 5.52 Å². The van der Waals surface area contributed by atoms with Gasteiger partial charge in [0.1, 0.15) is 5.82 Å². The summed E-state index contributed by atoms with van der Waals surface area (Å²) >= 11 is 0. The van der Waals surface area contributed by atoms with Crippen molar-refractivity contribution in [1.82, 2.24) is 14.8 Å². The lowest BCUT2D eigenvalue weighted by molar-refractivity contribution is 0.154. The van der Waals surface area contributed by atoms with Crippen molar-refractivity contribution in [1.29, 1.82) is 0 Å². The smallest absolute Gasteiger partial charge is 0.320 e. The number of piperazine rings is 1. The molecule has 0 spiro atoms. The summed E-state index contributed by atoms with van der Waals surface area (Å²) in [4.78, 5) is 23.5. The van der Waals surface area contributed by atoms with Gasteiger partial charge in [-0.2, -0.15) is 0 Å². The maximum Gasteiger partial charge on any atom is 0.320 e. The van der Waals surface area contributed by atoms with Gasteiger partial charge in [0.25, 0.3) is 0 Å². The number of anilines is 1. The zero-order valence-electron chi connectivity index (χ0n) is 14.8. The summed E-state index contributed by atoms with van der Waals surface area (Å²) in [6.07, 6.45) is 0. The molecule has 1 aromatic heterocycles. The Morgan fingerprint density at radius 3 is 2.46 bits per heavy atom. The molecule has 128 valence electrons. The Hall–Kier alpha value is -2.30. The predicted molar refractivity (Wildman–Crippen MR) is 98.6 cm³/mol. The van der Waals surface area contributed by atoms with Crippen LogP contribution < -0.4 is 4.90 Å². The minimum Gasteiger partial charge on any atom is -0.353 e. The molecule has 0 saturated carbocycles. The van der Waals surface area contributed by atoms with Crippen molar-refractivity contribution in [2.45, 2.75) is 20.8 Å². The molecule has 1 aliphatic rings. The molecule has 2 amide bonds. The van der Waals surface area contributed by atoms with E-state index in [0.29, 0.717) is 0 Å². The first-order valence-corrected chi connectivity index (χ1v) is 8.79. The second kappa shape index (κ2) is 7.07. The maximum atomic E-state index is 12.5. The number of nitrogens with zero attached hydrogens (tertiary/aromatic N) is 4.